The maximum Gasteiger partial charge on any atom is 0.224 e. The summed E-state index contributed by atoms with van der Waals surface area (Å²) in [5.41, 5.74) is 2.17. The van der Waals surface area contributed by atoms with Gasteiger partial charge < -0.3 is 5.32 Å². The van der Waals surface area contributed by atoms with Gasteiger partial charge in [0, 0.05) is 10.9 Å². The summed E-state index contributed by atoms with van der Waals surface area (Å²) in [4.78, 5) is 11.7. The lowest BCUT2D eigenvalue weighted by Crippen LogP contribution is -2.14. The van der Waals surface area contributed by atoms with E-state index in [0.29, 0.717) is 12.3 Å². The summed E-state index contributed by atoms with van der Waals surface area (Å²) in [6.45, 7) is 6.28. The summed E-state index contributed by atoms with van der Waals surface area (Å²) in [5, 5.41) is 2.94. The number of anilines is 1. The van der Waals surface area contributed by atoms with Gasteiger partial charge in [-0.1, -0.05) is 33.3 Å². The van der Waals surface area contributed by atoms with Gasteiger partial charge in [0.2, 0.25) is 5.91 Å². The van der Waals surface area contributed by atoms with Crippen molar-refractivity contribution in [3.63, 3.8) is 0 Å². The van der Waals surface area contributed by atoms with Crippen LogP contribution in [0.4, 0.5) is 5.69 Å². The fourth-order valence-corrected chi connectivity index (χ4v) is 2.29. The molecule has 2 nitrogen and oxygen atoms in total. The van der Waals surface area contributed by atoms with Crippen molar-refractivity contribution in [2.45, 2.75) is 46.5 Å². The number of nitrogens with one attached hydrogen (secondary N) is 1. The lowest BCUT2D eigenvalue weighted by molar-refractivity contribution is -0.116. The molecule has 0 aromatic heterocycles. The second-order valence-corrected chi connectivity index (χ2v) is 5.92. The Morgan fingerprint density at radius 2 is 2.11 bits per heavy atom. The number of benzene rings is 1. The molecule has 1 aromatic rings. The van der Waals surface area contributed by atoms with E-state index in [1.54, 1.807) is 0 Å². The summed E-state index contributed by atoms with van der Waals surface area (Å²) in [5.74, 6) is 0.458. The van der Waals surface area contributed by atoms with Crippen molar-refractivity contribution in [1.82, 2.24) is 0 Å². The van der Waals surface area contributed by atoms with Crippen LogP contribution < -0.4 is 5.32 Å². The van der Waals surface area contributed by atoms with Gasteiger partial charge in [-0.3, -0.25) is 4.79 Å². The highest BCUT2D eigenvalue weighted by Crippen LogP contribution is 2.24. The zero-order valence-electron chi connectivity index (χ0n) is 11.4. The van der Waals surface area contributed by atoms with E-state index in [9.17, 15) is 4.79 Å². The Bertz CT molecular complexity index is 401. The smallest absolute Gasteiger partial charge is 0.224 e. The monoisotopic (exact) mass is 311 g/mol. The zero-order chi connectivity index (χ0) is 13.5. The van der Waals surface area contributed by atoms with E-state index in [1.807, 2.05) is 19.9 Å². The largest absolute Gasteiger partial charge is 0.325 e. The van der Waals surface area contributed by atoms with Gasteiger partial charge in [0.05, 0.1) is 5.69 Å². The molecule has 1 amide bonds. The molecule has 0 bridgehead atoms. The lowest BCUT2D eigenvalue weighted by atomic mass is 10.1. The molecule has 0 spiro atoms. The van der Waals surface area contributed by atoms with Crippen molar-refractivity contribution in [2.24, 2.45) is 5.92 Å². The Labute approximate surface area is 118 Å². The standard InChI is InChI=1S/C15H22BrNO/c1-4-5-6-12-7-8-14(13(16)10-12)17-15(18)9-11(2)3/h7-8,10-11H,4-6,9H2,1-3H3,(H,17,18). The molecule has 0 fully saturated rings. The van der Waals surface area contributed by atoms with E-state index in [-0.39, 0.29) is 5.91 Å². The fraction of sp³-hybridized carbons (Fsp3) is 0.533. The van der Waals surface area contributed by atoms with Crippen LogP contribution in [0, 0.1) is 5.92 Å². The Balaban J connectivity index is 2.64. The van der Waals surface area contributed by atoms with Gasteiger partial charge >= 0.3 is 0 Å². The van der Waals surface area contributed by atoms with Crippen molar-refractivity contribution in [1.29, 1.82) is 0 Å². The molecule has 0 saturated heterocycles. The topological polar surface area (TPSA) is 29.1 Å². The first-order valence-electron chi connectivity index (χ1n) is 6.61. The number of rotatable bonds is 6. The summed E-state index contributed by atoms with van der Waals surface area (Å²) < 4.78 is 0.966. The molecular formula is C15H22BrNO. The first-order valence-corrected chi connectivity index (χ1v) is 7.40. The predicted molar refractivity (Wildman–Crippen MR) is 80.8 cm³/mol. The second kappa shape index (κ2) is 7.57. The van der Waals surface area contributed by atoms with Crippen molar-refractivity contribution in [2.75, 3.05) is 5.32 Å². The molecule has 0 unspecified atom stereocenters. The highest BCUT2D eigenvalue weighted by atomic mass is 79.9. The molecule has 0 aliphatic rings. The predicted octanol–water partition coefficient (Wildman–Crippen LogP) is 4.78. The zero-order valence-corrected chi connectivity index (χ0v) is 13.0. The van der Waals surface area contributed by atoms with Crippen LogP contribution in [0.1, 0.15) is 45.6 Å². The van der Waals surface area contributed by atoms with Crippen LogP contribution in [0.15, 0.2) is 22.7 Å². The fourth-order valence-electron chi connectivity index (χ4n) is 1.77. The highest BCUT2D eigenvalue weighted by molar-refractivity contribution is 9.10. The molecule has 18 heavy (non-hydrogen) atoms. The number of hydrogen-bond acceptors (Lipinski definition) is 1. The van der Waals surface area contributed by atoms with Crippen LogP contribution in [-0.4, -0.2) is 5.91 Å². The molecule has 0 aliphatic carbocycles. The molecule has 1 N–H and O–H groups in total. The molecule has 0 saturated carbocycles. The molecule has 1 rings (SSSR count). The van der Waals surface area contributed by atoms with E-state index in [0.717, 1.165) is 16.6 Å². The maximum absolute atomic E-state index is 11.7. The van der Waals surface area contributed by atoms with Gasteiger partial charge in [-0.2, -0.15) is 0 Å². The SMILES string of the molecule is CCCCc1ccc(NC(=O)CC(C)C)c(Br)c1. The number of hydrogen-bond donors (Lipinski definition) is 1. The quantitative estimate of drug-likeness (QED) is 0.805. The van der Waals surface area contributed by atoms with Crippen LogP contribution in [0.3, 0.4) is 0 Å². The minimum absolute atomic E-state index is 0.0759. The van der Waals surface area contributed by atoms with E-state index >= 15 is 0 Å². The normalized spacial score (nSPS) is 10.7. The molecule has 0 atom stereocenters. The molecule has 1 aromatic carbocycles. The maximum atomic E-state index is 11.7. The van der Waals surface area contributed by atoms with Crippen molar-refractivity contribution < 1.29 is 4.79 Å². The summed E-state index contributed by atoms with van der Waals surface area (Å²) >= 11 is 3.52. The first-order chi connectivity index (χ1) is 8.52. The van der Waals surface area contributed by atoms with E-state index < -0.39 is 0 Å². The summed E-state index contributed by atoms with van der Waals surface area (Å²) in [7, 11) is 0. The molecular weight excluding hydrogens is 290 g/mol. The van der Waals surface area contributed by atoms with Crippen LogP contribution in [0.2, 0.25) is 0 Å². The second-order valence-electron chi connectivity index (χ2n) is 5.06. The van der Waals surface area contributed by atoms with Crippen LogP contribution >= 0.6 is 15.9 Å². The Morgan fingerprint density at radius 1 is 1.39 bits per heavy atom. The molecule has 0 aliphatic heterocycles. The van der Waals surface area contributed by atoms with Gasteiger partial charge in [0.15, 0.2) is 0 Å². The van der Waals surface area contributed by atoms with Crippen molar-refractivity contribution in [3.05, 3.63) is 28.2 Å². The molecule has 3 heteroatoms. The van der Waals surface area contributed by atoms with Crippen molar-refractivity contribution >= 4 is 27.5 Å². The Hall–Kier alpha value is -0.830. The van der Waals surface area contributed by atoms with Crippen LogP contribution in [-0.2, 0) is 11.2 Å². The van der Waals surface area contributed by atoms with E-state index in [4.69, 9.17) is 0 Å². The van der Waals surface area contributed by atoms with Gasteiger partial charge in [-0.05, 0) is 52.4 Å². The minimum atomic E-state index is 0.0759. The average molecular weight is 312 g/mol. The lowest BCUT2D eigenvalue weighted by Gasteiger charge is -2.10. The third-order valence-electron chi connectivity index (χ3n) is 2.72. The number of aryl methyl sites for hydroxylation is 1. The van der Waals surface area contributed by atoms with E-state index in [2.05, 4.69) is 40.3 Å². The number of carbonyl (C=O) groups excluding carboxylic acids is 1. The number of carbonyl (C=O) groups is 1. The van der Waals surface area contributed by atoms with Gasteiger partial charge in [-0.25, -0.2) is 0 Å². The third-order valence-corrected chi connectivity index (χ3v) is 3.38. The van der Waals surface area contributed by atoms with E-state index in [1.165, 1.54) is 18.4 Å². The molecule has 0 heterocycles. The Kier molecular flexibility index (Phi) is 6.41. The first kappa shape index (κ1) is 15.2. The number of unbranched alkanes of at least 4 members (excludes halogenated alkanes) is 1. The minimum Gasteiger partial charge on any atom is -0.325 e. The van der Waals surface area contributed by atoms with Crippen LogP contribution in [0.25, 0.3) is 0 Å². The van der Waals surface area contributed by atoms with Crippen LogP contribution in [0.5, 0.6) is 0 Å². The van der Waals surface area contributed by atoms with Crippen molar-refractivity contribution in [3.8, 4) is 0 Å². The van der Waals surface area contributed by atoms with Gasteiger partial charge in [0.25, 0.3) is 0 Å². The summed E-state index contributed by atoms with van der Waals surface area (Å²) in [6, 6.07) is 6.17. The van der Waals surface area contributed by atoms with Gasteiger partial charge in [-0.15, -0.1) is 0 Å². The third kappa shape index (κ3) is 5.21. The Morgan fingerprint density at radius 3 is 2.67 bits per heavy atom. The van der Waals surface area contributed by atoms with Gasteiger partial charge in [0.1, 0.15) is 0 Å². The number of halogens is 1. The molecule has 0 radical (unpaired) electrons. The highest BCUT2D eigenvalue weighted by Gasteiger charge is 2.08. The average Bonchev–Trinajstić information content (AvgIpc) is 2.28. The molecule has 100 valence electrons. The summed E-state index contributed by atoms with van der Waals surface area (Å²) in [6.07, 6.45) is 4.05. The number of amides is 1.